The van der Waals surface area contributed by atoms with Gasteiger partial charge < -0.3 is 0 Å². The van der Waals surface area contributed by atoms with Crippen molar-refractivity contribution >= 4 is 0 Å². The molecule has 0 bridgehead atoms. The Morgan fingerprint density at radius 3 is 2.29 bits per heavy atom. The number of hydrogen-bond donors (Lipinski definition) is 0. The van der Waals surface area contributed by atoms with Crippen LogP contribution in [-0.2, 0) is 6.42 Å². The summed E-state index contributed by atoms with van der Waals surface area (Å²) in [4.78, 5) is 2.41. The maximum absolute atomic E-state index is 2.41. The average Bonchev–Trinajstić information content (AvgIpc) is 2.38. The van der Waals surface area contributed by atoms with Gasteiger partial charge in [0, 0.05) is 12.6 Å². The molecule has 0 radical (unpaired) electrons. The van der Waals surface area contributed by atoms with Crippen molar-refractivity contribution in [2.45, 2.75) is 53.5 Å². The molecule has 1 unspecified atom stereocenters. The van der Waals surface area contributed by atoms with Gasteiger partial charge in [-0.2, -0.15) is 0 Å². The lowest BCUT2D eigenvalue weighted by atomic mass is 9.94. The summed E-state index contributed by atoms with van der Waals surface area (Å²) < 4.78 is 0. The molecule has 1 aromatic carbocycles. The van der Waals surface area contributed by atoms with Crippen LogP contribution in [0.4, 0.5) is 0 Å². The Morgan fingerprint density at radius 2 is 1.71 bits per heavy atom. The van der Waals surface area contributed by atoms with Gasteiger partial charge in [0.2, 0.25) is 0 Å². The van der Waals surface area contributed by atoms with E-state index in [-0.39, 0.29) is 0 Å². The molecule has 1 aliphatic rings. The van der Waals surface area contributed by atoms with Crippen LogP contribution in [0.1, 0.15) is 58.2 Å². The number of fused-ring (bicyclic) bond motifs is 1. The Hall–Kier alpha value is -0.820. The maximum atomic E-state index is 2.41. The van der Waals surface area contributed by atoms with Crippen molar-refractivity contribution in [1.82, 2.24) is 4.90 Å². The Kier molecular flexibility index (Phi) is 8.79. The molecule has 0 spiro atoms. The average molecular weight is 235 g/mol. The summed E-state index contributed by atoms with van der Waals surface area (Å²) in [7, 11) is 2.20. The van der Waals surface area contributed by atoms with Gasteiger partial charge in [-0.3, -0.25) is 4.90 Å². The van der Waals surface area contributed by atoms with E-state index in [1.54, 1.807) is 0 Å². The Morgan fingerprint density at radius 1 is 1.18 bits per heavy atom. The molecule has 0 aromatic heterocycles. The van der Waals surface area contributed by atoms with Gasteiger partial charge in [-0.15, -0.1) is 0 Å². The van der Waals surface area contributed by atoms with Crippen LogP contribution in [0.25, 0.3) is 0 Å². The van der Waals surface area contributed by atoms with Crippen LogP contribution in [0.15, 0.2) is 24.3 Å². The number of nitrogens with zero attached hydrogens (tertiary/aromatic N) is 1. The molecule has 1 aliphatic heterocycles. The molecule has 1 atom stereocenters. The predicted octanol–water partition coefficient (Wildman–Crippen LogP) is 4.68. The van der Waals surface area contributed by atoms with Gasteiger partial charge in [-0.1, -0.05) is 58.4 Å². The molecule has 2 rings (SSSR count). The van der Waals surface area contributed by atoms with Crippen LogP contribution in [0.5, 0.6) is 0 Å². The third kappa shape index (κ3) is 4.91. The normalized spacial score (nSPS) is 18.1. The summed E-state index contributed by atoms with van der Waals surface area (Å²) in [5, 5.41) is 0. The molecule has 0 fully saturated rings. The summed E-state index contributed by atoms with van der Waals surface area (Å²) in [5.41, 5.74) is 3.04. The first-order valence-electron chi connectivity index (χ1n) is 6.98. The highest BCUT2D eigenvalue weighted by Gasteiger charge is 2.19. The minimum Gasteiger partial charge on any atom is -0.299 e. The fourth-order valence-corrected chi connectivity index (χ4v) is 1.90. The molecular formula is C16H29N. The lowest BCUT2D eigenvalue weighted by Gasteiger charge is -2.31. The van der Waals surface area contributed by atoms with E-state index in [1.165, 1.54) is 30.5 Å². The van der Waals surface area contributed by atoms with Crippen molar-refractivity contribution < 1.29 is 0 Å². The van der Waals surface area contributed by atoms with Crippen LogP contribution >= 0.6 is 0 Å². The smallest absolute Gasteiger partial charge is 0.0319 e. The summed E-state index contributed by atoms with van der Waals surface area (Å²) in [6, 6.07) is 9.36. The Balaban J connectivity index is 0.000000450. The van der Waals surface area contributed by atoms with Gasteiger partial charge in [-0.05, 0) is 31.5 Å². The fraction of sp³-hybridized carbons (Fsp3) is 0.625. The van der Waals surface area contributed by atoms with Gasteiger partial charge >= 0.3 is 0 Å². The Labute approximate surface area is 108 Å². The topological polar surface area (TPSA) is 3.24 Å². The van der Waals surface area contributed by atoms with Gasteiger partial charge in [0.05, 0.1) is 0 Å². The molecule has 0 amide bonds. The second kappa shape index (κ2) is 9.23. The zero-order valence-electron chi connectivity index (χ0n) is 12.5. The molecule has 0 saturated heterocycles. The van der Waals surface area contributed by atoms with Crippen LogP contribution in [0.2, 0.25) is 0 Å². The van der Waals surface area contributed by atoms with Crippen molar-refractivity contribution in [2.24, 2.45) is 0 Å². The van der Waals surface area contributed by atoms with E-state index in [0.717, 1.165) is 0 Å². The zero-order chi connectivity index (χ0) is 13.3. The molecule has 17 heavy (non-hydrogen) atoms. The molecular weight excluding hydrogens is 206 g/mol. The van der Waals surface area contributed by atoms with E-state index < -0.39 is 0 Å². The van der Waals surface area contributed by atoms with Crippen LogP contribution in [-0.4, -0.2) is 18.5 Å². The second-order valence-corrected chi connectivity index (χ2v) is 4.31. The lowest BCUT2D eigenvalue weighted by molar-refractivity contribution is 0.247. The molecule has 1 heteroatoms. The first kappa shape index (κ1) is 16.2. The molecule has 1 aromatic rings. The summed E-state index contributed by atoms with van der Waals surface area (Å²) in [6.45, 7) is 11.7. The predicted molar refractivity (Wildman–Crippen MR) is 78.5 cm³/mol. The third-order valence-electron chi connectivity index (χ3n) is 2.90. The van der Waals surface area contributed by atoms with Gasteiger partial charge in [0.25, 0.3) is 0 Å². The quantitative estimate of drug-likeness (QED) is 0.631. The van der Waals surface area contributed by atoms with Crippen molar-refractivity contribution in [2.75, 3.05) is 13.6 Å². The number of rotatable bonds is 0. The highest BCUT2D eigenvalue weighted by atomic mass is 15.1. The van der Waals surface area contributed by atoms with Crippen molar-refractivity contribution in [3.05, 3.63) is 35.4 Å². The SMILES string of the molecule is CC.CC1c2ccccc2CCN1C.CCC. The van der Waals surface area contributed by atoms with Crippen molar-refractivity contribution in [3.63, 3.8) is 0 Å². The summed E-state index contributed by atoms with van der Waals surface area (Å²) in [5.74, 6) is 0. The molecule has 0 saturated carbocycles. The van der Waals surface area contributed by atoms with E-state index in [9.17, 15) is 0 Å². The molecule has 98 valence electrons. The Bertz CT molecular complexity index is 293. The zero-order valence-corrected chi connectivity index (χ0v) is 12.5. The molecule has 0 aliphatic carbocycles. The summed E-state index contributed by atoms with van der Waals surface area (Å²) >= 11 is 0. The molecule has 0 N–H and O–H groups in total. The first-order chi connectivity index (χ1) is 8.20. The molecule has 1 heterocycles. The maximum Gasteiger partial charge on any atom is 0.0319 e. The van der Waals surface area contributed by atoms with Gasteiger partial charge in [0.1, 0.15) is 0 Å². The molecule has 1 nitrogen and oxygen atoms in total. The number of benzene rings is 1. The van der Waals surface area contributed by atoms with Crippen LogP contribution in [0.3, 0.4) is 0 Å². The minimum atomic E-state index is 0.593. The number of hydrogen-bond acceptors (Lipinski definition) is 1. The van der Waals surface area contributed by atoms with Crippen LogP contribution in [0, 0.1) is 0 Å². The van der Waals surface area contributed by atoms with Gasteiger partial charge in [0.15, 0.2) is 0 Å². The summed E-state index contributed by atoms with van der Waals surface area (Å²) in [6.07, 6.45) is 2.46. The van der Waals surface area contributed by atoms with Crippen molar-refractivity contribution in [3.8, 4) is 0 Å². The van der Waals surface area contributed by atoms with E-state index in [1.807, 2.05) is 13.8 Å². The van der Waals surface area contributed by atoms with Crippen molar-refractivity contribution in [1.29, 1.82) is 0 Å². The highest BCUT2D eigenvalue weighted by molar-refractivity contribution is 5.31. The number of likely N-dealkylation sites (N-methyl/N-ethyl adjacent to an activating group) is 1. The second-order valence-electron chi connectivity index (χ2n) is 4.31. The minimum absolute atomic E-state index is 0.593. The third-order valence-corrected chi connectivity index (χ3v) is 2.90. The fourth-order valence-electron chi connectivity index (χ4n) is 1.90. The van der Waals surface area contributed by atoms with Crippen LogP contribution < -0.4 is 0 Å². The van der Waals surface area contributed by atoms with E-state index in [0.29, 0.717) is 6.04 Å². The van der Waals surface area contributed by atoms with E-state index in [4.69, 9.17) is 0 Å². The highest BCUT2D eigenvalue weighted by Crippen LogP contribution is 2.27. The largest absolute Gasteiger partial charge is 0.299 e. The van der Waals surface area contributed by atoms with Gasteiger partial charge in [-0.25, -0.2) is 0 Å². The standard InChI is InChI=1S/C11H15N.C3H8.C2H6/c1-9-11-6-4-3-5-10(11)7-8-12(9)2;1-3-2;1-2/h3-6,9H,7-8H2,1-2H3;3H2,1-2H3;1-2H3. The monoisotopic (exact) mass is 235 g/mol. The lowest BCUT2D eigenvalue weighted by Crippen LogP contribution is -2.30. The van der Waals surface area contributed by atoms with E-state index >= 15 is 0 Å². The van der Waals surface area contributed by atoms with E-state index in [2.05, 4.69) is 57.0 Å². The first-order valence-corrected chi connectivity index (χ1v) is 6.98.